The highest BCUT2D eigenvalue weighted by Gasteiger charge is 2.09. The molecule has 30 heavy (non-hydrogen) atoms. The minimum absolute atomic E-state index is 0.594. The first-order chi connectivity index (χ1) is 14.5. The van der Waals surface area contributed by atoms with Crippen LogP contribution in [0.15, 0.2) is 54.6 Å². The molecule has 162 valence electrons. The van der Waals surface area contributed by atoms with Crippen LogP contribution in [0.4, 0.5) is 0 Å². The lowest BCUT2D eigenvalue weighted by Crippen LogP contribution is -2.31. The predicted molar refractivity (Wildman–Crippen MR) is 113 cm³/mol. The number of carboxylic acid groups (broad SMARTS) is 2. The van der Waals surface area contributed by atoms with Gasteiger partial charge in [0.15, 0.2) is 0 Å². The monoisotopic (exact) mass is 415 g/mol. The summed E-state index contributed by atoms with van der Waals surface area (Å²) in [5.74, 6) is -1.86. The molecule has 0 aliphatic carbocycles. The van der Waals surface area contributed by atoms with Crippen LogP contribution in [0, 0.1) is 0 Å². The number of nitrogens with zero attached hydrogens (tertiary/aromatic N) is 1. The maximum Gasteiger partial charge on any atom is 0.414 e. The Morgan fingerprint density at radius 1 is 0.800 bits per heavy atom. The first kappa shape index (κ1) is 23.2. The third kappa shape index (κ3) is 9.43. The van der Waals surface area contributed by atoms with Crippen molar-refractivity contribution >= 4 is 11.9 Å². The normalized spacial score (nSPS) is 13.6. The molecule has 1 heterocycles. The van der Waals surface area contributed by atoms with E-state index in [0.717, 1.165) is 31.1 Å². The minimum Gasteiger partial charge on any atom is -0.494 e. The Hall–Kier alpha value is -3.06. The van der Waals surface area contributed by atoms with Crippen molar-refractivity contribution in [3.8, 4) is 11.5 Å². The average Bonchev–Trinajstić information content (AvgIpc) is 2.78. The topological polar surface area (TPSA) is 96.3 Å². The molecule has 3 rings (SSSR count). The van der Waals surface area contributed by atoms with Crippen molar-refractivity contribution in [2.24, 2.45) is 0 Å². The van der Waals surface area contributed by atoms with Crippen molar-refractivity contribution in [2.45, 2.75) is 32.3 Å². The van der Waals surface area contributed by atoms with Gasteiger partial charge >= 0.3 is 11.9 Å². The van der Waals surface area contributed by atoms with E-state index in [1.54, 1.807) is 0 Å². The number of ether oxygens (including phenoxy) is 2. The Morgan fingerprint density at radius 2 is 1.37 bits per heavy atom. The summed E-state index contributed by atoms with van der Waals surface area (Å²) in [5.41, 5.74) is 1.18. The van der Waals surface area contributed by atoms with E-state index in [1.807, 2.05) is 42.5 Å². The largest absolute Gasteiger partial charge is 0.494 e. The number of rotatable bonds is 8. The van der Waals surface area contributed by atoms with Crippen LogP contribution in [0.5, 0.6) is 11.5 Å². The summed E-state index contributed by atoms with van der Waals surface area (Å²) in [4.78, 5) is 20.7. The SMILES string of the molecule is O=C(O)C(=O)O.c1ccc(COc2ccc(OCCCN3CCCCC3)cc2)cc1. The number of hydrogen-bond acceptors (Lipinski definition) is 5. The van der Waals surface area contributed by atoms with Crippen molar-refractivity contribution in [2.75, 3.05) is 26.2 Å². The lowest BCUT2D eigenvalue weighted by molar-refractivity contribution is -0.159. The summed E-state index contributed by atoms with van der Waals surface area (Å²) in [6.07, 6.45) is 5.19. The summed E-state index contributed by atoms with van der Waals surface area (Å²) in [6.45, 7) is 5.04. The van der Waals surface area contributed by atoms with Crippen LogP contribution >= 0.6 is 0 Å². The standard InChI is InChI=1S/C21H27NO2.C2H2O4/c1-3-8-19(9-4-1)18-24-21-12-10-20(11-13-21)23-17-7-16-22-14-5-2-6-15-22;3-1(4)2(5)6/h1,3-4,8-13H,2,5-7,14-18H2;(H,3,4)(H,5,6). The van der Waals surface area contributed by atoms with Crippen LogP contribution in [-0.2, 0) is 16.2 Å². The van der Waals surface area contributed by atoms with Crippen molar-refractivity contribution in [3.05, 3.63) is 60.2 Å². The van der Waals surface area contributed by atoms with Gasteiger partial charge in [-0.3, -0.25) is 0 Å². The lowest BCUT2D eigenvalue weighted by Gasteiger charge is -2.26. The third-order valence-corrected chi connectivity index (χ3v) is 4.59. The molecular weight excluding hydrogens is 386 g/mol. The highest BCUT2D eigenvalue weighted by atomic mass is 16.5. The van der Waals surface area contributed by atoms with Crippen LogP contribution in [-0.4, -0.2) is 53.3 Å². The highest BCUT2D eigenvalue weighted by molar-refractivity contribution is 6.27. The third-order valence-electron chi connectivity index (χ3n) is 4.59. The molecule has 1 saturated heterocycles. The zero-order valence-electron chi connectivity index (χ0n) is 17.0. The number of carboxylic acids is 2. The number of likely N-dealkylation sites (tertiary alicyclic amines) is 1. The molecule has 0 unspecified atom stereocenters. The van der Waals surface area contributed by atoms with E-state index in [9.17, 15) is 0 Å². The van der Waals surface area contributed by atoms with E-state index in [0.29, 0.717) is 6.61 Å². The molecule has 2 N–H and O–H groups in total. The Balaban J connectivity index is 0.000000469. The van der Waals surface area contributed by atoms with Crippen LogP contribution in [0.2, 0.25) is 0 Å². The highest BCUT2D eigenvalue weighted by Crippen LogP contribution is 2.19. The van der Waals surface area contributed by atoms with Gasteiger partial charge in [-0.2, -0.15) is 0 Å². The van der Waals surface area contributed by atoms with E-state index in [1.165, 1.54) is 37.9 Å². The summed E-state index contributed by atoms with van der Waals surface area (Å²) >= 11 is 0. The van der Waals surface area contributed by atoms with E-state index in [4.69, 9.17) is 29.3 Å². The number of hydrogen-bond donors (Lipinski definition) is 2. The zero-order chi connectivity index (χ0) is 21.6. The second kappa shape index (κ2) is 13.2. The Labute approximate surface area is 176 Å². The van der Waals surface area contributed by atoms with Crippen LogP contribution < -0.4 is 9.47 Å². The summed E-state index contributed by atoms with van der Waals surface area (Å²) in [7, 11) is 0. The molecule has 7 heteroatoms. The smallest absolute Gasteiger partial charge is 0.414 e. The number of carbonyl (C=O) groups is 2. The van der Waals surface area contributed by atoms with Gasteiger partial charge in [0.1, 0.15) is 18.1 Å². The molecule has 1 fully saturated rings. The summed E-state index contributed by atoms with van der Waals surface area (Å²) in [5, 5.41) is 14.8. The first-order valence-corrected chi connectivity index (χ1v) is 10.1. The van der Waals surface area contributed by atoms with Gasteiger partial charge in [-0.25, -0.2) is 9.59 Å². The number of piperidine rings is 1. The quantitative estimate of drug-likeness (QED) is 0.501. The maximum absolute atomic E-state index is 9.10. The lowest BCUT2D eigenvalue weighted by atomic mass is 10.1. The van der Waals surface area contributed by atoms with Gasteiger partial charge < -0.3 is 24.6 Å². The molecule has 0 saturated carbocycles. The van der Waals surface area contributed by atoms with Crippen molar-refractivity contribution < 1.29 is 29.3 Å². The van der Waals surface area contributed by atoms with E-state index < -0.39 is 11.9 Å². The van der Waals surface area contributed by atoms with E-state index >= 15 is 0 Å². The van der Waals surface area contributed by atoms with Crippen molar-refractivity contribution in [1.82, 2.24) is 4.90 Å². The second-order valence-electron chi connectivity index (χ2n) is 6.96. The Morgan fingerprint density at radius 3 is 1.93 bits per heavy atom. The Bertz CT molecular complexity index is 745. The summed E-state index contributed by atoms with van der Waals surface area (Å²) < 4.78 is 11.6. The minimum atomic E-state index is -1.82. The molecule has 0 spiro atoms. The Kier molecular flexibility index (Phi) is 10.2. The summed E-state index contributed by atoms with van der Waals surface area (Å²) in [6, 6.07) is 18.1. The van der Waals surface area contributed by atoms with Crippen molar-refractivity contribution in [1.29, 1.82) is 0 Å². The van der Waals surface area contributed by atoms with E-state index in [-0.39, 0.29) is 0 Å². The van der Waals surface area contributed by atoms with Crippen LogP contribution in [0.3, 0.4) is 0 Å². The number of benzene rings is 2. The molecule has 0 amide bonds. The van der Waals surface area contributed by atoms with Gasteiger partial charge in [0.2, 0.25) is 0 Å². The molecule has 2 aromatic carbocycles. The fraction of sp³-hybridized carbons (Fsp3) is 0.391. The van der Waals surface area contributed by atoms with Gasteiger partial charge in [0.05, 0.1) is 6.61 Å². The fourth-order valence-electron chi connectivity index (χ4n) is 3.03. The van der Waals surface area contributed by atoms with Crippen LogP contribution in [0.25, 0.3) is 0 Å². The molecule has 1 aliphatic heterocycles. The fourth-order valence-corrected chi connectivity index (χ4v) is 3.03. The average molecular weight is 415 g/mol. The molecule has 2 aromatic rings. The van der Waals surface area contributed by atoms with Gasteiger partial charge in [-0.05, 0) is 62.2 Å². The van der Waals surface area contributed by atoms with Gasteiger partial charge in [-0.1, -0.05) is 36.8 Å². The molecule has 7 nitrogen and oxygen atoms in total. The molecule has 0 bridgehead atoms. The van der Waals surface area contributed by atoms with Gasteiger partial charge in [-0.15, -0.1) is 0 Å². The first-order valence-electron chi connectivity index (χ1n) is 10.1. The molecular formula is C23H29NO6. The zero-order valence-corrected chi connectivity index (χ0v) is 17.0. The van der Waals surface area contributed by atoms with Crippen molar-refractivity contribution in [3.63, 3.8) is 0 Å². The van der Waals surface area contributed by atoms with Gasteiger partial charge in [0.25, 0.3) is 0 Å². The second-order valence-corrected chi connectivity index (χ2v) is 6.96. The number of aliphatic carboxylic acids is 2. The van der Waals surface area contributed by atoms with E-state index in [2.05, 4.69) is 17.0 Å². The predicted octanol–water partition coefficient (Wildman–Crippen LogP) is 3.68. The molecule has 0 radical (unpaired) electrons. The molecule has 0 atom stereocenters. The van der Waals surface area contributed by atoms with Crippen LogP contribution in [0.1, 0.15) is 31.2 Å². The molecule has 1 aliphatic rings. The molecule has 0 aromatic heterocycles. The van der Waals surface area contributed by atoms with Gasteiger partial charge in [0, 0.05) is 6.54 Å². The maximum atomic E-state index is 9.10.